The fraction of sp³-hybridized carbons (Fsp3) is 0.312. The third-order valence-corrected chi connectivity index (χ3v) is 3.64. The Morgan fingerprint density at radius 1 is 1.15 bits per heavy atom. The number of hydrogen-bond acceptors (Lipinski definition) is 2. The molecule has 0 aliphatic rings. The van der Waals surface area contributed by atoms with Gasteiger partial charge in [0.1, 0.15) is 5.82 Å². The third kappa shape index (κ3) is 3.12. The summed E-state index contributed by atoms with van der Waals surface area (Å²) in [6.07, 6.45) is 1.95. The molecule has 0 aliphatic carbocycles. The summed E-state index contributed by atoms with van der Waals surface area (Å²) in [4.78, 5) is 12.4. The van der Waals surface area contributed by atoms with Crippen molar-refractivity contribution in [1.29, 1.82) is 0 Å². The summed E-state index contributed by atoms with van der Waals surface area (Å²) in [5.41, 5.74) is 2.37. The molecule has 1 aromatic heterocycles. The molecule has 4 heteroatoms. The van der Waals surface area contributed by atoms with Gasteiger partial charge in [-0.3, -0.25) is 4.79 Å². The molecule has 0 aliphatic heterocycles. The Morgan fingerprint density at radius 3 is 2.45 bits per heavy atom. The zero-order valence-corrected chi connectivity index (χ0v) is 12.4. The van der Waals surface area contributed by atoms with E-state index in [2.05, 4.69) is 19.6 Å². The molecule has 1 aromatic carbocycles. The first kappa shape index (κ1) is 14.9. The van der Waals surface area contributed by atoms with E-state index in [1.165, 1.54) is 12.1 Å². The van der Waals surface area contributed by atoms with Crippen LogP contribution in [0.5, 0.6) is 0 Å². The molecule has 0 amide bonds. The molecule has 0 fully saturated rings. The molecule has 0 atom stereocenters. The second-order valence-electron chi connectivity index (χ2n) is 4.72. The molecule has 2 aromatic rings. The predicted molar refractivity (Wildman–Crippen MR) is 83.7 cm³/mol. The van der Waals surface area contributed by atoms with Crippen molar-refractivity contribution in [3.8, 4) is 11.3 Å². The zero-order chi connectivity index (χ0) is 14.5. The highest BCUT2D eigenvalue weighted by molar-refractivity contribution is 7.79. The van der Waals surface area contributed by atoms with Crippen LogP contribution in [-0.2, 0) is 12.3 Å². The number of aromatic nitrogens is 1. The van der Waals surface area contributed by atoms with Gasteiger partial charge in [-0.25, -0.2) is 4.39 Å². The molecule has 2 nitrogen and oxygen atoms in total. The van der Waals surface area contributed by atoms with E-state index in [0.717, 1.165) is 24.1 Å². The van der Waals surface area contributed by atoms with Crippen LogP contribution < -0.4 is 5.56 Å². The lowest BCUT2D eigenvalue weighted by molar-refractivity contribution is 0.614. The van der Waals surface area contributed by atoms with Crippen molar-refractivity contribution in [3.63, 3.8) is 0 Å². The van der Waals surface area contributed by atoms with Gasteiger partial charge in [-0.05, 0) is 42.3 Å². The number of halogens is 1. The molecule has 2 rings (SSSR count). The third-order valence-electron chi connectivity index (χ3n) is 3.30. The van der Waals surface area contributed by atoms with Crippen molar-refractivity contribution in [3.05, 3.63) is 58.1 Å². The van der Waals surface area contributed by atoms with Gasteiger partial charge in [0.05, 0.1) is 5.69 Å². The second kappa shape index (κ2) is 6.75. The Balaban J connectivity index is 2.54. The zero-order valence-electron chi connectivity index (χ0n) is 11.5. The molecular formula is C16H18FNOS. The molecule has 106 valence electrons. The average molecular weight is 291 g/mol. The number of benzene rings is 1. The van der Waals surface area contributed by atoms with Gasteiger partial charge in [0.25, 0.3) is 5.56 Å². The van der Waals surface area contributed by atoms with E-state index in [-0.39, 0.29) is 11.4 Å². The standard InChI is InChI=1S/C16H18FNOS/c1-2-3-10-18-15(9-6-13(11-20)16(18)19)12-4-7-14(17)8-5-12/h4-9,20H,2-3,10-11H2,1H3. The Labute approximate surface area is 123 Å². The fourth-order valence-corrected chi connectivity index (χ4v) is 2.40. The van der Waals surface area contributed by atoms with Crippen LogP contribution in [0.4, 0.5) is 4.39 Å². The Bertz CT molecular complexity index is 634. The van der Waals surface area contributed by atoms with Crippen molar-refractivity contribution in [2.45, 2.75) is 32.1 Å². The largest absolute Gasteiger partial charge is 0.308 e. The summed E-state index contributed by atoms with van der Waals surface area (Å²) in [6.45, 7) is 2.76. The first-order valence-corrected chi connectivity index (χ1v) is 7.40. The molecule has 0 saturated carbocycles. The van der Waals surface area contributed by atoms with Crippen LogP contribution in [0.1, 0.15) is 25.3 Å². The lowest BCUT2D eigenvalue weighted by atomic mass is 10.1. The van der Waals surface area contributed by atoms with Crippen LogP contribution in [0.2, 0.25) is 0 Å². The van der Waals surface area contributed by atoms with Gasteiger partial charge in [0.15, 0.2) is 0 Å². The first-order valence-electron chi connectivity index (χ1n) is 6.77. The molecule has 0 saturated heterocycles. The maximum Gasteiger partial charge on any atom is 0.255 e. The number of unbranched alkanes of at least 4 members (excludes halogenated alkanes) is 1. The maximum atomic E-state index is 13.0. The van der Waals surface area contributed by atoms with Crippen molar-refractivity contribution < 1.29 is 4.39 Å². The number of nitrogens with zero attached hydrogens (tertiary/aromatic N) is 1. The van der Waals surface area contributed by atoms with Gasteiger partial charge >= 0.3 is 0 Å². The van der Waals surface area contributed by atoms with Crippen LogP contribution in [-0.4, -0.2) is 4.57 Å². The van der Waals surface area contributed by atoms with Gasteiger partial charge in [0, 0.05) is 17.9 Å². The van der Waals surface area contributed by atoms with E-state index >= 15 is 0 Å². The summed E-state index contributed by atoms with van der Waals surface area (Å²) in [7, 11) is 0. The van der Waals surface area contributed by atoms with Crippen molar-refractivity contribution in [2.75, 3.05) is 0 Å². The Kier molecular flexibility index (Phi) is 5.01. The quantitative estimate of drug-likeness (QED) is 0.830. The highest BCUT2D eigenvalue weighted by Gasteiger charge is 2.09. The second-order valence-corrected chi connectivity index (χ2v) is 5.04. The average Bonchev–Trinajstić information content (AvgIpc) is 2.47. The van der Waals surface area contributed by atoms with Crippen LogP contribution in [0.15, 0.2) is 41.2 Å². The minimum Gasteiger partial charge on any atom is -0.308 e. The molecule has 1 heterocycles. The van der Waals surface area contributed by atoms with Crippen LogP contribution in [0.3, 0.4) is 0 Å². The molecule has 0 spiro atoms. The highest BCUT2D eigenvalue weighted by atomic mass is 32.1. The van der Waals surface area contributed by atoms with E-state index in [9.17, 15) is 9.18 Å². The summed E-state index contributed by atoms with van der Waals surface area (Å²) < 4.78 is 14.8. The van der Waals surface area contributed by atoms with Gasteiger partial charge in [-0.15, -0.1) is 0 Å². The van der Waals surface area contributed by atoms with Gasteiger partial charge in [-0.2, -0.15) is 12.6 Å². The fourth-order valence-electron chi connectivity index (χ4n) is 2.15. The highest BCUT2D eigenvalue weighted by Crippen LogP contribution is 2.19. The number of thiol groups is 1. The SMILES string of the molecule is CCCCn1c(-c2ccc(F)cc2)ccc(CS)c1=O. The van der Waals surface area contributed by atoms with Crippen LogP contribution >= 0.6 is 12.6 Å². The number of pyridine rings is 1. The lowest BCUT2D eigenvalue weighted by Crippen LogP contribution is -2.24. The molecule has 0 unspecified atom stereocenters. The topological polar surface area (TPSA) is 22.0 Å². The monoisotopic (exact) mass is 291 g/mol. The van der Waals surface area contributed by atoms with Crippen LogP contribution in [0.25, 0.3) is 11.3 Å². The number of rotatable bonds is 5. The summed E-state index contributed by atoms with van der Waals surface area (Å²) in [5, 5.41) is 0. The van der Waals surface area contributed by atoms with Crippen molar-refractivity contribution in [1.82, 2.24) is 4.57 Å². The Morgan fingerprint density at radius 2 is 1.85 bits per heavy atom. The minimum absolute atomic E-state index is 0.00437. The normalized spacial score (nSPS) is 10.8. The smallest absolute Gasteiger partial charge is 0.255 e. The summed E-state index contributed by atoms with van der Waals surface area (Å²) in [6, 6.07) is 9.94. The van der Waals surface area contributed by atoms with E-state index in [0.29, 0.717) is 17.9 Å². The summed E-state index contributed by atoms with van der Waals surface area (Å²) in [5.74, 6) is 0.150. The van der Waals surface area contributed by atoms with E-state index in [1.54, 1.807) is 22.8 Å². The van der Waals surface area contributed by atoms with E-state index in [1.807, 2.05) is 6.07 Å². The lowest BCUT2D eigenvalue weighted by Gasteiger charge is -2.14. The van der Waals surface area contributed by atoms with Gasteiger partial charge in [0.2, 0.25) is 0 Å². The molecule has 0 bridgehead atoms. The van der Waals surface area contributed by atoms with Gasteiger partial charge in [-0.1, -0.05) is 19.4 Å². The van der Waals surface area contributed by atoms with Crippen LogP contribution in [0, 0.1) is 5.82 Å². The predicted octanol–water partition coefficient (Wildman–Crippen LogP) is 3.88. The maximum absolute atomic E-state index is 13.0. The Hall–Kier alpha value is -1.55. The molecule has 0 N–H and O–H groups in total. The molecule has 0 radical (unpaired) electrons. The van der Waals surface area contributed by atoms with E-state index in [4.69, 9.17) is 0 Å². The first-order chi connectivity index (χ1) is 9.67. The molecule has 20 heavy (non-hydrogen) atoms. The molecular weight excluding hydrogens is 273 g/mol. The number of hydrogen-bond donors (Lipinski definition) is 1. The van der Waals surface area contributed by atoms with Crippen molar-refractivity contribution >= 4 is 12.6 Å². The van der Waals surface area contributed by atoms with Gasteiger partial charge < -0.3 is 4.57 Å². The summed E-state index contributed by atoms with van der Waals surface area (Å²) >= 11 is 4.19. The minimum atomic E-state index is -0.275. The van der Waals surface area contributed by atoms with Crippen molar-refractivity contribution in [2.24, 2.45) is 0 Å². The van der Waals surface area contributed by atoms with E-state index < -0.39 is 0 Å².